The second-order valence-corrected chi connectivity index (χ2v) is 4.32. The molecule has 0 N–H and O–H groups in total. The Morgan fingerprint density at radius 3 is 2.69 bits per heavy atom. The van der Waals surface area contributed by atoms with E-state index in [-0.39, 0.29) is 5.38 Å². The summed E-state index contributed by atoms with van der Waals surface area (Å²) in [4.78, 5) is 1.28. The second-order valence-electron chi connectivity index (χ2n) is 2.67. The van der Waals surface area contributed by atoms with Crippen LogP contribution in [0.4, 0.5) is 0 Å². The zero-order valence-corrected chi connectivity index (χ0v) is 9.18. The molecule has 0 amide bonds. The van der Waals surface area contributed by atoms with Gasteiger partial charge in [-0.05, 0) is 19.1 Å². The first-order valence-electron chi connectivity index (χ1n) is 4.27. The quantitative estimate of drug-likeness (QED) is 0.414. The Morgan fingerprint density at radius 2 is 2.08 bits per heavy atom. The van der Waals surface area contributed by atoms with Crippen molar-refractivity contribution in [2.45, 2.75) is 17.2 Å². The molecule has 2 heteroatoms. The number of halogens is 1. The van der Waals surface area contributed by atoms with E-state index in [4.69, 9.17) is 11.6 Å². The molecule has 0 aliphatic rings. The highest BCUT2D eigenvalue weighted by atomic mass is 35.5. The maximum atomic E-state index is 6.02. The predicted octanol–water partition coefficient (Wildman–Crippen LogP) is 3.96. The van der Waals surface area contributed by atoms with Gasteiger partial charge in [0.05, 0.1) is 5.38 Å². The van der Waals surface area contributed by atoms with Crippen LogP contribution < -0.4 is 0 Å². The lowest BCUT2D eigenvalue weighted by molar-refractivity contribution is 1.24. The van der Waals surface area contributed by atoms with Gasteiger partial charge in [-0.15, -0.1) is 23.4 Å². The molecule has 0 nitrogen and oxygen atoms in total. The maximum Gasteiger partial charge on any atom is 0.0609 e. The molecule has 70 valence electrons. The molecule has 1 rings (SSSR count). The van der Waals surface area contributed by atoms with Crippen LogP contribution in [-0.2, 0) is 0 Å². The van der Waals surface area contributed by atoms with Crippen molar-refractivity contribution in [2.24, 2.45) is 0 Å². The fraction of sp³-hybridized carbons (Fsp3) is 0.273. The topological polar surface area (TPSA) is 0 Å². The van der Waals surface area contributed by atoms with E-state index in [9.17, 15) is 0 Å². The summed E-state index contributed by atoms with van der Waals surface area (Å²) in [7, 11) is 0. The standard InChI is InChI=1S/C11H13ClS/c1-2-6-10(12)9-13-11-7-4-3-5-8-11/h2-8,10H,9H2,1H3/b6-2+. The van der Waals surface area contributed by atoms with E-state index in [1.165, 1.54) is 4.90 Å². The number of alkyl halides is 1. The number of rotatable bonds is 4. The van der Waals surface area contributed by atoms with Gasteiger partial charge < -0.3 is 0 Å². The zero-order valence-electron chi connectivity index (χ0n) is 7.61. The van der Waals surface area contributed by atoms with Crippen LogP contribution in [0.2, 0.25) is 0 Å². The van der Waals surface area contributed by atoms with Gasteiger partial charge >= 0.3 is 0 Å². The Hall–Kier alpha value is -0.400. The van der Waals surface area contributed by atoms with Crippen LogP contribution in [0.15, 0.2) is 47.4 Å². The number of thioether (sulfide) groups is 1. The summed E-state index contributed by atoms with van der Waals surface area (Å²) in [6.45, 7) is 1.99. The summed E-state index contributed by atoms with van der Waals surface area (Å²) >= 11 is 7.81. The highest BCUT2D eigenvalue weighted by molar-refractivity contribution is 7.99. The number of hydrogen-bond acceptors (Lipinski definition) is 1. The third-order valence-electron chi connectivity index (χ3n) is 1.55. The van der Waals surface area contributed by atoms with Crippen molar-refractivity contribution in [3.05, 3.63) is 42.5 Å². The molecule has 0 spiro atoms. The molecular weight excluding hydrogens is 200 g/mol. The van der Waals surface area contributed by atoms with Crippen molar-refractivity contribution in [2.75, 3.05) is 5.75 Å². The predicted molar refractivity (Wildman–Crippen MR) is 61.6 cm³/mol. The van der Waals surface area contributed by atoms with Crippen LogP contribution in [0.3, 0.4) is 0 Å². The van der Waals surface area contributed by atoms with Crippen molar-refractivity contribution in [1.29, 1.82) is 0 Å². The second kappa shape index (κ2) is 6.11. The van der Waals surface area contributed by atoms with Crippen LogP contribution in [0.1, 0.15) is 6.92 Å². The smallest absolute Gasteiger partial charge is 0.0609 e. The summed E-state index contributed by atoms with van der Waals surface area (Å²) in [6, 6.07) is 10.3. The van der Waals surface area contributed by atoms with Crippen LogP contribution in [0.5, 0.6) is 0 Å². The van der Waals surface area contributed by atoms with Gasteiger partial charge in [0.2, 0.25) is 0 Å². The van der Waals surface area contributed by atoms with E-state index < -0.39 is 0 Å². The minimum atomic E-state index is 0.134. The van der Waals surface area contributed by atoms with Crippen LogP contribution in [-0.4, -0.2) is 11.1 Å². The van der Waals surface area contributed by atoms with Gasteiger partial charge in [0.15, 0.2) is 0 Å². The van der Waals surface area contributed by atoms with Gasteiger partial charge in [-0.25, -0.2) is 0 Å². The SMILES string of the molecule is C/C=C/C(Cl)CSc1ccccc1. The molecule has 1 aromatic carbocycles. The Morgan fingerprint density at radius 1 is 1.38 bits per heavy atom. The van der Waals surface area contributed by atoms with Crippen molar-refractivity contribution in [3.8, 4) is 0 Å². The van der Waals surface area contributed by atoms with Gasteiger partial charge in [-0.1, -0.05) is 30.4 Å². The third-order valence-corrected chi connectivity index (χ3v) is 3.17. The average Bonchev–Trinajstić information content (AvgIpc) is 2.17. The fourth-order valence-corrected chi connectivity index (χ4v) is 2.10. The summed E-state index contributed by atoms with van der Waals surface area (Å²) in [5.41, 5.74) is 0. The Labute approximate surface area is 89.0 Å². The Balaban J connectivity index is 2.35. The van der Waals surface area contributed by atoms with Crippen LogP contribution in [0.25, 0.3) is 0 Å². The summed E-state index contributed by atoms with van der Waals surface area (Å²) < 4.78 is 0. The largest absolute Gasteiger partial charge is 0.124 e. The van der Waals surface area contributed by atoms with Gasteiger partial charge in [0.1, 0.15) is 0 Å². The first-order valence-corrected chi connectivity index (χ1v) is 5.70. The highest BCUT2D eigenvalue weighted by Crippen LogP contribution is 2.19. The molecule has 0 aliphatic heterocycles. The van der Waals surface area contributed by atoms with E-state index in [1.807, 2.05) is 37.3 Å². The minimum Gasteiger partial charge on any atom is -0.124 e. The molecule has 13 heavy (non-hydrogen) atoms. The number of hydrogen-bond donors (Lipinski definition) is 0. The lowest BCUT2D eigenvalue weighted by Crippen LogP contribution is -1.96. The molecule has 0 aromatic heterocycles. The molecule has 0 bridgehead atoms. The van der Waals surface area contributed by atoms with Crippen LogP contribution in [0, 0.1) is 0 Å². The van der Waals surface area contributed by atoms with E-state index in [0.29, 0.717) is 0 Å². The molecule has 0 saturated heterocycles. The van der Waals surface area contributed by atoms with Crippen molar-refractivity contribution >= 4 is 23.4 Å². The third kappa shape index (κ3) is 4.39. The summed E-state index contributed by atoms with van der Waals surface area (Å²) in [5.74, 6) is 0.926. The first-order chi connectivity index (χ1) is 6.33. The van der Waals surface area contributed by atoms with Crippen molar-refractivity contribution in [1.82, 2.24) is 0 Å². The molecule has 0 fully saturated rings. The molecule has 0 radical (unpaired) electrons. The highest BCUT2D eigenvalue weighted by Gasteiger charge is 1.99. The van der Waals surface area contributed by atoms with Gasteiger partial charge in [0, 0.05) is 10.6 Å². The molecule has 1 atom stereocenters. The molecule has 0 saturated carbocycles. The van der Waals surface area contributed by atoms with Gasteiger partial charge in [-0.3, -0.25) is 0 Å². The lowest BCUT2D eigenvalue weighted by Gasteiger charge is -2.03. The van der Waals surface area contributed by atoms with E-state index >= 15 is 0 Å². The molecule has 1 unspecified atom stereocenters. The maximum absolute atomic E-state index is 6.02. The molecule has 0 heterocycles. The minimum absolute atomic E-state index is 0.134. The first kappa shape index (κ1) is 10.7. The Kier molecular flexibility index (Phi) is 5.02. The van der Waals surface area contributed by atoms with Gasteiger partial charge in [-0.2, -0.15) is 0 Å². The molecule has 0 aliphatic carbocycles. The average molecular weight is 213 g/mol. The van der Waals surface area contributed by atoms with Gasteiger partial charge in [0.25, 0.3) is 0 Å². The molecular formula is C11H13ClS. The van der Waals surface area contributed by atoms with Crippen molar-refractivity contribution < 1.29 is 0 Å². The molecule has 1 aromatic rings. The number of benzene rings is 1. The summed E-state index contributed by atoms with van der Waals surface area (Å²) in [6.07, 6.45) is 4.00. The lowest BCUT2D eigenvalue weighted by atomic mass is 10.4. The van der Waals surface area contributed by atoms with E-state index in [1.54, 1.807) is 11.8 Å². The normalized spacial score (nSPS) is 13.4. The van der Waals surface area contributed by atoms with Crippen molar-refractivity contribution in [3.63, 3.8) is 0 Å². The van der Waals surface area contributed by atoms with E-state index in [2.05, 4.69) is 12.1 Å². The fourth-order valence-electron chi connectivity index (χ4n) is 0.957. The van der Waals surface area contributed by atoms with E-state index in [0.717, 1.165) is 5.75 Å². The monoisotopic (exact) mass is 212 g/mol. The Bertz CT molecular complexity index is 256. The number of allylic oxidation sites excluding steroid dienone is 2. The zero-order chi connectivity index (χ0) is 9.52. The summed E-state index contributed by atoms with van der Waals surface area (Å²) in [5, 5.41) is 0.134. The van der Waals surface area contributed by atoms with Crippen LogP contribution >= 0.6 is 23.4 Å².